The van der Waals surface area contributed by atoms with Crippen molar-refractivity contribution in [3.63, 3.8) is 0 Å². The largest absolute Gasteiger partial charge is 0.465 e. The summed E-state index contributed by atoms with van der Waals surface area (Å²) in [6.07, 6.45) is 5.73. The summed E-state index contributed by atoms with van der Waals surface area (Å²) in [5.74, 6) is 3.44. The second-order valence-electron chi connectivity index (χ2n) is 6.88. The normalized spacial score (nSPS) is 17.8. The predicted molar refractivity (Wildman–Crippen MR) is 97.2 cm³/mol. The van der Waals surface area contributed by atoms with E-state index in [1.165, 1.54) is 0 Å². The Kier molecular flexibility index (Phi) is 5.13. The number of hydrogen-bond acceptors (Lipinski definition) is 5. The Balaban J connectivity index is 1.40. The van der Waals surface area contributed by atoms with Crippen LogP contribution in [0, 0.1) is 12.8 Å². The number of furan rings is 1. The first-order chi connectivity index (χ1) is 12.8. The molecule has 4 rings (SSSR count). The van der Waals surface area contributed by atoms with Gasteiger partial charge in [0, 0.05) is 37.6 Å². The molecule has 0 saturated heterocycles. The van der Waals surface area contributed by atoms with Gasteiger partial charge in [0.1, 0.15) is 17.3 Å². The first-order valence-corrected chi connectivity index (χ1v) is 9.01. The van der Waals surface area contributed by atoms with Crippen LogP contribution in [0.15, 0.2) is 53.3 Å². The van der Waals surface area contributed by atoms with Crippen molar-refractivity contribution >= 4 is 0 Å². The Hall–Kier alpha value is -2.44. The van der Waals surface area contributed by atoms with Gasteiger partial charge >= 0.3 is 0 Å². The maximum absolute atomic E-state index is 5.96. The third-order valence-electron chi connectivity index (χ3n) is 4.64. The van der Waals surface area contributed by atoms with Gasteiger partial charge in [0.15, 0.2) is 0 Å². The molecule has 0 amide bonds. The monoisotopic (exact) mass is 352 g/mol. The van der Waals surface area contributed by atoms with E-state index in [1.54, 1.807) is 6.20 Å². The smallest absolute Gasteiger partial charge is 0.122 e. The molecule has 6 nitrogen and oxygen atoms in total. The van der Waals surface area contributed by atoms with Gasteiger partial charge in [-0.05, 0) is 31.2 Å². The number of rotatable bonds is 6. The number of aryl methyl sites for hydroxylation is 1. The van der Waals surface area contributed by atoms with Crippen LogP contribution in [0.1, 0.15) is 23.0 Å². The van der Waals surface area contributed by atoms with Crippen molar-refractivity contribution in [2.24, 2.45) is 5.92 Å². The van der Waals surface area contributed by atoms with E-state index >= 15 is 0 Å². The van der Waals surface area contributed by atoms with E-state index in [9.17, 15) is 0 Å². The molecule has 6 heteroatoms. The minimum atomic E-state index is 0.394. The van der Waals surface area contributed by atoms with E-state index in [0.29, 0.717) is 19.1 Å². The molecule has 1 aliphatic heterocycles. The SMILES string of the molecule is Cc1ccc(CN2Cc3nccn3C[C@H](COCc3ccccn3)C2)o1. The lowest BCUT2D eigenvalue weighted by Crippen LogP contribution is -2.30. The van der Waals surface area contributed by atoms with Gasteiger partial charge in [0.05, 0.1) is 32.0 Å². The van der Waals surface area contributed by atoms with Crippen LogP contribution >= 0.6 is 0 Å². The topological polar surface area (TPSA) is 56.3 Å². The maximum atomic E-state index is 5.96. The summed E-state index contributed by atoms with van der Waals surface area (Å²) in [6.45, 7) is 6.71. The van der Waals surface area contributed by atoms with Gasteiger partial charge < -0.3 is 13.7 Å². The van der Waals surface area contributed by atoms with Crippen molar-refractivity contribution in [3.8, 4) is 0 Å². The summed E-state index contributed by atoms with van der Waals surface area (Å²) in [4.78, 5) is 11.2. The molecule has 0 N–H and O–H groups in total. The molecule has 136 valence electrons. The second-order valence-corrected chi connectivity index (χ2v) is 6.88. The van der Waals surface area contributed by atoms with Gasteiger partial charge in [0.2, 0.25) is 0 Å². The van der Waals surface area contributed by atoms with E-state index < -0.39 is 0 Å². The molecule has 0 saturated carbocycles. The highest BCUT2D eigenvalue weighted by Crippen LogP contribution is 2.19. The zero-order valence-corrected chi connectivity index (χ0v) is 15.0. The molecule has 3 aromatic rings. The summed E-state index contributed by atoms with van der Waals surface area (Å²) >= 11 is 0. The lowest BCUT2D eigenvalue weighted by Gasteiger charge is -2.22. The Labute approximate surface area is 153 Å². The van der Waals surface area contributed by atoms with Gasteiger partial charge in [-0.3, -0.25) is 9.88 Å². The highest BCUT2D eigenvalue weighted by Gasteiger charge is 2.23. The number of aromatic nitrogens is 3. The maximum Gasteiger partial charge on any atom is 0.122 e. The number of fused-ring (bicyclic) bond motifs is 1. The third-order valence-corrected chi connectivity index (χ3v) is 4.64. The van der Waals surface area contributed by atoms with Crippen molar-refractivity contribution in [2.75, 3.05) is 13.2 Å². The van der Waals surface area contributed by atoms with E-state index in [0.717, 1.165) is 49.2 Å². The number of nitrogens with zero attached hydrogens (tertiary/aromatic N) is 4. The van der Waals surface area contributed by atoms with E-state index in [1.807, 2.05) is 37.4 Å². The fraction of sp³-hybridized carbons (Fsp3) is 0.400. The van der Waals surface area contributed by atoms with Crippen molar-refractivity contribution in [3.05, 3.63) is 72.0 Å². The first kappa shape index (κ1) is 17.0. The zero-order chi connectivity index (χ0) is 17.8. The molecule has 1 aliphatic rings. The Morgan fingerprint density at radius 1 is 1.15 bits per heavy atom. The van der Waals surface area contributed by atoms with E-state index in [2.05, 4.69) is 31.7 Å². The molecular formula is C20H24N4O2. The van der Waals surface area contributed by atoms with Crippen LogP contribution < -0.4 is 0 Å². The lowest BCUT2D eigenvalue weighted by molar-refractivity contribution is 0.0637. The Bertz CT molecular complexity index is 827. The fourth-order valence-corrected chi connectivity index (χ4v) is 3.45. The molecule has 0 spiro atoms. The molecule has 3 aromatic heterocycles. The summed E-state index contributed by atoms with van der Waals surface area (Å²) in [6, 6.07) is 9.97. The van der Waals surface area contributed by atoms with E-state index in [4.69, 9.17) is 9.15 Å². The summed E-state index contributed by atoms with van der Waals surface area (Å²) in [7, 11) is 0. The molecule has 0 bridgehead atoms. The van der Waals surface area contributed by atoms with Crippen LogP contribution in [0.2, 0.25) is 0 Å². The van der Waals surface area contributed by atoms with Gasteiger partial charge in [-0.1, -0.05) is 6.07 Å². The summed E-state index contributed by atoms with van der Waals surface area (Å²) in [5.41, 5.74) is 0.965. The van der Waals surface area contributed by atoms with Crippen LogP contribution in [-0.4, -0.2) is 32.6 Å². The van der Waals surface area contributed by atoms with Gasteiger partial charge in [-0.25, -0.2) is 4.98 Å². The molecule has 4 heterocycles. The highest BCUT2D eigenvalue weighted by molar-refractivity contribution is 5.06. The average molecular weight is 352 g/mol. The highest BCUT2D eigenvalue weighted by atomic mass is 16.5. The Morgan fingerprint density at radius 2 is 2.12 bits per heavy atom. The van der Waals surface area contributed by atoms with Gasteiger partial charge in [-0.2, -0.15) is 0 Å². The lowest BCUT2D eigenvalue weighted by atomic mass is 10.1. The fourth-order valence-electron chi connectivity index (χ4n) is 3.45. The predicted octanol–water partition coefficient (Wildman–Crippen LogP) is 3.03. The molecule has 0 aromatic carbocycles. The van der Waals surface area contributed by atoms with Crippen molar-refractivity contribution < 1.29 is 9.15 Å². The molecule has 0 unspecified atom stereocenters. The second kappa shape index (κ2) is 7.85. The van der Waals surface area contributed by atoms with Crippen LogP contribution in [0.4, 0.5) is 0 Å². The first-order valence-electron chi connectivity index (χ1n) is 9.01. The molecule has 1 atom stereocenters. The zero-order valence-electron chi connectivity index (χ0n) is 15.0. The Morgan fingerprint density at radius 3 is 2.92 bits per heavy atom. The molecule has 0 radical (unpaired) electrons. The van der Waals surface area contributed by atoms with E-state index in [-0.39, 0.29) is 0 Å². The van der Waals surface area contributed by atoms with Crippen molar-refractivity contribution in [1.82, 2.24) is 19.4 Å². The third kappa shape index (κ3) is 4.20. The van der Waals surface area contributed by atoms with Crippen LogP contribution in [0.25, 0.3) is 0 Å². The average Bonchev–Trinajstić information content (AvgIpc) is 3.21. The summed E-state index contributed by atoms with van der Waals surface area (Å²) in [5, 5.41) is 0. The number of imidazole rings is 1. The molecule has 0 fully saturated rings. The molecule has 0 aliphatic carbocycles. The van der Waals surface area contributed by atoms with Gasteiger partial charge in [0.25, 0.3) is 0 Å². The van der Waals surface area contributed by atoms with Crippen LogP contribution in [-0.2, 0) is 31.0 Å². The standard InChI is InChI=1S/C20H24N4O2/c1-16-5-6-19(26-16)12-23-10-17(11-24-9-8-22-20(24)13-23)14-25-15-18-4-2-3-7-21-18/h2-9,17H,10-15H2,1H3/t17-/m1/s1. The van der Waals surface area contributed by atoms with Crippen molar-refractivity contribution in [2.45, 2.75) is 33.2 Å². The minimum absolute atomic E-state index is 0.394. The summed E-state index contributed by atoms with van der Waals surface area (Å²) < 4.78 is 14.0. The van der Waals surface area contributed by atoms with Gasteiger partial charge in [-0.15, -0.1) is 0 Å². The van der Waals surface area contributed by atoms with Crippen LogP contribution in [0.3, 0.4) is 0 Å². The molecule has 26 heavy (non-hydrogen) atoms. The molecular weight excluding hydrogens is 328 g/mol. The number of hydrogen-bond donors (Lipinski definition) is 0. The number of pyridine rings is 1. The van der Waals surface area contributed by atoms with Crippen LogP contribution in [0.5, 0.6) is 0 Å². The number of ether oxygens (including phenoxy) is 1. The minimum Gasteiger partial charge on any atom is -0.465 e. The van der Waals surface area contributed by atoms with Crippen molar-refractivity contribution in [1.29, 1.82) is 0 Å². The quantitative estimate of drug-likeness (QED) is 0.682.